The summed E-state index contributed by atoms with van der Waals surface area (Å²) in [5, 5.41) is 19.9. The lowest BCUT2D eigenvalue weighted by Gasteiger charge is -2.47. The first-order valence-corrected chi connectivity index (χ1v) is 6.20. The van der Waals surface area contributed by atoms with Crippen LogP contribution < -0.4 is 0 Å². The molecule has 2 heterocycles. The molecule has 2 saturated heterocycles. The average Bonchev–Trinajstić information content (AvgIpc) is 2.25. The fourth-order valence-electron chi connectivity index (χ4n) is 2.21. The molecule has 106 valence electrons. The third kappa shape index (κ3) is 3.01. The van der Waals surface area contributed by atoms with E-state index in [0.717, 1.165) is 0 Å². The van der Waals surface area contributed by atoms with E-state index in [2.05, 4.69) is 0 Å². The van der Waals surface area contributed by atoms with Gasteiger partial charge in [-0.05, 0) is 27.7 Å². The highest BCUT2D eigenvalue weighted by molar-refractivity contribution is 4.90. The molecule has 2 N–H and O–H groups in total. The maximum absolute atomic E-state index is 9.96. The Kier molecular flexibility index (Phi) is 3.70. The van der Waals surface area contributed by atoms with E-state index >= 15 is 0 Å². The van der Waals surface area contributed by atoms with Gasteiger partial charge in [-0.15, -0.1) is 0 Å². The van der Waals surface area contributed by atoms with E-state index in [-0.39, 0.29) is 13.2 Å². The second-order valence-electron chi connectivity index (χ2n) is 5.72. The molecular weight excluding hydrogens is 240 g/mol. The smallest absolute Gasteiger partial charge is 0.163 e. The van der Waals surface area contributed by atoms with Crippen molar-refractivity contribution < 1.29 is 29.2 Å². The normalized spacial score (nSPS) is 43.7. The van der Waals surface area contributed by atoms with Crippen LogP contribution in [0.4, 0.5) is 0 Å². The van der Waals surface area contributed by atoms with Gasteiger partial charge in [-0.3, -0.25) is 0 Å². The summed E-state index contributed by atoms with van der Waals surface area (Å²) in [6.45, 7) is 7.38. The SMILES string of the molecule is CC1(C)OC[C@@H](O)[C@H]([C@@H]2OC(C)(C)OC[C@H]2O)O1. The minimum atomic E-state index is -0.827. The number of hydrogen-bond donors (Lipinski definition) is 2. The lowest BCUT2D eigenvalue weighted by Crippen LogP contribution is -2.61. The molecule has 0 bridgehead atoms. The Bertz CT molecular complexity index is 273. The fourth-order valence-corrected chi connectivity index (χ4v) is 2.21. The standard InChI is InChI=1S/C12H22O6/c1-11(2)15-5-7(13)9(17-11)10-8(14)6-16-12(3,4)18-10/h7-10,13-14H,5-6H2,1-4H3/t7-,8-,9-,10-/m1/s1. The Labute approximate surface area is 107 Å². The third-order valence-electron chi connectivity index (χ3n) is 3.13. The van der Waals surface area contributed by atoms with Crippen LogP contribution in [0.5, 0.6) is 0 Å². The van der Waals surface area contributed by atoms with Crippen LogP contribution >= 0.6 is 0 Å². The Morgan fingerprint density at radius 1 is 0.778 bits per heavy atom. The van der Waals surface area contributed by atoms with Crippen molar-refractivity contribution in [2.45, 2.75) is 63.7 Å². The molecule has 0 aromatic carbocycles. The molecule has 0 aromatic heterocycles. The van der Waals surface area contributed by atoms with Gasteiger partial charge in [0.15, 0.2) is 11.6 Å². The average molecular weight is 262 g/mol. The van der Waals surface area contributed by atoms with Crippen molar-refractivity contribution in [3.05, 3.63) is 0 Å². The van der Waals surface area contributed by atoms with Crippen molar-refractivity contribution in [1.29, 1.82) is 0 Å². The van der Waals surface area contributed by atoms with Crippen LogP contribution in [0.25, 0.3) is 0 Å². The van der Waals surface area contributed by atoms with Crippen LogP contribution in [0.1, 0.15) is 27.7 Å². The lowest BCUT2D eigenvalue weighted by atomic mass is 10.00. The minimum Gasteiger partial charge on any atom is -0.388 e. The maximum atomic E-state index is 9.96. The second kappa shape index (κ2) is 4.70. The van der Waals surface area contributed by atoms with Crippen molar-refractivity contribution >= 4 is 0 Å². The first-order valence-electron chi connectivity index (χ1n) is 6.20. The number of aliphatic hydroxyl groups is 2. The van der Waals surface area contributed by atoms with Crippen LogP contribution in [0, 0.1) is 0 Å². The van der Waals surface area contributed by atoms with Gasteiger partial charge in [0.2, 0.25) is 0 Å². The Morgan fingerprint density at radius 2 is 1.11 bits per heavy atom. The van der Waals surface area contributed by atoms with Crippen molar-refractivity contribution in [1.82, 2.24) is 0 Å². The highest BCUT2D eigenvalue weighted by Crippen LogP contribution is 2.31. The molecule has 2 rings (SSSR count). The number of ether oxygens (including phenoxy) is 4. The first kappa shape index (κ1) is 14.2. The van der Waals surface area contributed by atoms with E-state index in [4.69, 9.17) is 18.9 Å². The molecule has 0 aliphatic carbocycles. The molecule has 2 fully saturated rings. The summed E-state index contributed by atoms with van der Waals surface area (Å²) >= 11 is 0. The van der Waals surface area contributed by atoms with E-state index in [0.29, 0.717) is 0 Å². The largest absolute Gasteiger partial charge is 0.388 e. The Hall–Kier alpha value is -0.240. The van der Waals surface area contributed by atoms with Crippen LogP contribution in [0.2, 0.25) is 0 Å². The zero-order chi connectivity index (χ0) is 13.6. The predicted octanol–water partition coefficient (Wildman–Crippen LogP) is 0.0112. The van der Waals surface area contributed by atoms with Crippen LogP contribution in [-0.2, 0) is 18.9 Å². The van der Waals surface area contributed by atoms with Crippen molar-refractivity contribution in [3.8, 4) is 0 Å². The molecule has 0 aromatic rings. The molecule has 4 atom stereocenters. The van der Waals surface area contributed by atoms with Crippen LogP contribution in [0.3, 0.4) is 0 Å². The van der Waals surface area contributed by atoms with Gasteiger partial charge in [-0.1, -0.05) is 0 Å². The lowest BCUT2D eigenvalue weighted by molar-refractivity contribution is -0.371. The summed E-state index contributed by atoms with van der Waals surface area (Å²) < 4.78 is 22.0. The van der Waals surface area contributed by atoms with Crippen molar-refractivity contribution in [2.24, 2.45) is 0 Å². The molecule has 0 saturated carbocycles. The topological polar surface area (TPSA) is 77.4 Å². The molecule has 18 heavy (non-hydrogen) atoms. The maximum Gasteiger partial charge on any atom is 0.163 e. The van der Waals surface area contributed by atoms with Gasteiger partial charge < -0.3 is 29.2 Å². The van der Waals surface area contributed by atoms with Gasteiger partial charge in [0, 0.05) is 0 Å². The zero-order valence-electron chi connectivity index (χ0n) is 11.3. The van der Waals surface area contributed by atoms with Gasteiger partial charge in [-0.25, -0.2) is 0 Å². The monoisotopic (exact) mass is 262 g/mol. The quantitative estimate of drug-likeness (QED) is 0.693. The van der Waals surface area contributed by atoms with E-state index < -0.39 is 36.0 Å². The van der Waals surface area contributed by atoms with E-state index in [1.165, 1.54) is 0 Å². The second-order valence-corrected chi connectivity index (χ2v) is 5.72. The third-order valence-corrected chi connectivity index (χ3v) is 3.13. The van der Waals surface area contributed by atoms with Crippen LogP contribution in [0.15, 0.2) is 0 Å². The van der Waals surface area contributed by atoms with E-state index in [9.17, 15) is 10.2 Å². The number of rotatable bonds is 1. The van der Waals surface area contributed by atoms with E-state index in [1.54, 1.807) is 27.7 Å². The summed E-state index contributed by atoms with van der Waals surface area (Å²) in [6.07, 6.45) is -2.92. The Balaban J connectivity index is 2.12. The highest BCUT2D eigenvalue weighted by Gasteiger charge is 2.47. The molecule has 0 unspecified atom stereocenters. The molecule has 2 aliphatic rings. The van der Waals surface area contributed by atoms with Gasteiger partial charge in [0.05, 0.1) is 13.2 Å². The highest BCUT2D eigenvalue weighted by atomic mass is 16.8. The van der Waals surface area contributed by atoms with Gasteiger partial charge >= 0.3 is 0 Å². The summed E-state index contributed by atoms with van der Waals surface area (Å²) in [5.74, 6) is -1.59. The van der Waals surface area contributed by atoms with Crippen LogP contribution in [-0.4, -0.2) is 59.4 Å². The molecule has 0 amide bonds. The fraction of sp³-hybridized carbons (Fsp3) is 1.00. The molecule has 0 spiro atoms. The zero-order valence-corrected chi connectivity index (χ0v) is 11.3. The summed E-state index contributed by atoms with van der Waals surface area (Å²) in [7, 11) is 0. The van der Waals surface area contributed by atoms with Gasteiger partial charge in [0.25, 0.3) is 0 Å². The summed E-state index contributed by atoms with van der Waals surface area (Å²) in [4.78, 5) is 0. The Morgan fingerprint density at radius 3 is 1.44 bits per heavy atom. The minimum absolute atomic E-state index is 0.158. The van der Waals surface area contributed by atoms with Crippen molar-refractivity contribution in [2.75, 3.05) is 13.2 Å². The molecular formula is C12H22O6. The number of hydrogen-bond acceptors (Lipinski definition) is 6. The van der Waals surface area contributed by atoms with Gasteiger partial charge in [-0.2, -0.15) is 0 Å². The predicted molar refractivity (Wildman–Crippen MR) is 61.8 cm³/mol. The molecule has 6 heteroatoms. The van der Waals surface area contributed by atoms with Crippen molar-refractivity contribution in [3.63, 3.8) is 0 Å². The first-order chi connectivity index (χ1) is 8.20. The van der Waals surface area contributed by atoms with E-state index in [1.807, 2.05) is 0 Å². The molecule has 2 aliphatic heterocycles. The molecule has 6 nitrogen and oxygen atoms in total. The summed E-state index contributed by atoms with van der Waals surface area (Å²) in [6, 6.07) is 0. The number of aliphatic hydroxyl groups excluding tert-OH is 2. The van der Waals surface area contributed by atoms with Gasteiger partial charge in [0.1, 0.15) is 24.4 Å². The summed E-state index contributed by atoms with van der Waals surface area (Å²) in [5.41, 5.74) is 0. The molecule has 0 radical (unpaired) electrons.